The van der Waals surface area contributed by atoms with Gasteiger partial charge in [0, 0.05) is 0 Å². The van der Waals surface area contributed by atoms with E-state index in [1.165, 1.54) is 6.92 Å². The summed E-state index contributed by atoms with van der Waals surface area (Å²) in [4.78, 5) is 49.8. The number of amides is 3. The van der Waals surface area contributed by atoms with Crippen LogP contribution in [0.3, 0.4) is 0 Å². The van der Waals surface area contributed by atoms with Gasteiger partial charge in [0.25, 0.3) is 17.7 Å². The smallest absolute Gasteiger partial charge is 0.330 e. The molecule has 0 radical (unpaired) electrons. The number of hydrogen-bond donors (Lipinski definition) is 1. The normalized spacial score (nSPS) is 17.2. The second-order valence-electron chi connectivity index (χ2n) is 5.84. The van der Waals surface area contributed by atoms with Crippen molar-refractivity contribution >= 4 is 23.7 Å². The summed E-state index contributed by atoms with van der Waals surface area (Å²) in [6.45, 7) is 4.92. The van der Waals surface area contributed by atoms with Crippen LogP contribution >= 0.6 is 0 Å². The van der Waals surface area contributed by atoms with Gasteiger partial charge in [-0.05, 0) is 25.0 Å². The minimum atomic E-state index is -1.14. The fourth-order valence-corrected chi connectivity index (χ4v) is 2.58. The first-order valence-electron chi connectivity index (χ1n) is 7.76. The van der Waals surface area contributed by atoms with E-state index in [-0.39, 0.29) is 17.0 Å². The number of nitrogens with two attached hydrogens (primary N) is 1. The number of imide groups is 1. The fraction of sp³-hybridized carbons (Fsp3) is 0.412. The molecule has 1 heterocycles. The third-order valence-electron chi connectivity index (χ3n) is 4.22. The molecule has 0 aliphatic carbocycles. The van der Waals surface area contributed by atoms with E-state index < -0.39 is 35.8 Å². The van der Waals surface area contributed by atoms with Crippen molar-refractivity contribution in [3.8, 4) is 0 Å². The third kappa shape index (κ3) is 3.02. The zero-order valence-electron chi connectivity index (χ0n) is 13.8. The lowest BCUT2D eigenvalue weighted by Crippen LogP contribution is -2.50. The highest BCUT2D eigenvalue weighted by Crippen LogP contribution is 2.28. The van der Waals surface area contributed by atoms with Crippen molar-refractivity contribution in [3.63, 3.8) is 0 Å². The largest absolute Gasteiger partial charge is 0.451 e. The van der Waals surface area contributed by atoms with Gasteiger partial charge in [-0.15, -0.1) is 0 Å². The molecule has 1 aliphatic rings. The summed E-state index contributed by atoms with van der Waals surface area (Å²) in [5.41, 5.74) is 5.62. The maximum Gasteiger partial charge on any atom is 0.330 e. The van der Waals surface area contributed by atoms with Gasteiger partial charge in [-0.2, -0.15) is 0 Å². The monoisotopic (exact) mass is 332 g/mol. The van der Waals surface area contributed by atoms with Gasteiger partial charge in [0.15, 0.2) is 6.10 Å². The Hall–Kier alpha value is -2.70. The molecular weight excluding hydrogens is 312 g/mol. The topological polar surface area (TPSA) is 107 Å². The van der Waals surface area contributed by atoms with Crippen LogP contribution in [0.25, 0.3) is 0 Å². The molecule has 0 spiro atoms. The molecule has 0 fully saturated rings. The summed E-state index contributed by atoms with van der Waals surface area (Å²) in [5, 5.41) is 0. The Bertz CT molecular complexity index is 665. The quantitative estimate of drug-likeness (QED) is 0.620. The lowest BCUT2D eigenvalue weighted by Gasteiger charge is -2.29. The van der Waals surface area contributed by atoms with Crippen LogP contribution in [-0.4, -0.2) is 40.7 Å². The summed E-state index contributed by atoms with van der Waals surface area (Å²) in [7, 11) is 0. The van der Waals surface area contributed by atoms with Crippen LogP contribution in [0.4, 0.5) is 0 Å². The van der Waals surface area contributed by atoms with E-state index in [2.05, 4.69) is 0 Å². The van der Waals surface area contributed by atoms with Gasteiger partial charge in [0.2, 0.25) is 0 Å². The number of benzene rings is 1. The van der Waals surface area contributed by atoms with Crippen molar-refractivity contribution in [1.82, 2.24) is 4.90 Å². The SMILES string of the molecule is CC[C@H](C)[C@@H](C(=O)O[C@@H](C)C(N)=O)N1C(=O)c2ccccc2C1=O. The van der Waals surface area contributed by atoms with Crippen LogP contribution in [-0.2, 0) is 14.3 Å². The van der Waals surface area contributed by atoms with Gasteiger partial charge in [-0.3, -0.25) is 19.3 Å². The minimum Gasteiger partial charge on any atom is -0.451 e. The highest BCUT2D eigenvalue weighted by molar-refractivity contribution is 6.22. The molecule has 2 rings (SSSR count). The summed E-state index contributed by atoms with van der Waals surface area (Å²) in [6.07, 6.45) is -0.600. The first-order valence-corrected chi connectivity index (χ1v) is 7.76. The average Bonchev–Trinajstić information content (AvgIpc) is 2.80. The number of esters is 1. The number of hydrogen-bond acceptors (Lipinski definition) is 5. The van der Waals surface area contributed by atoms with Gasteiger partial charge in [0.1, 0.15) is 6.04 Å². The van der Waals surface area contributed by atoms with Crippen LogP contribution in [0.5, 0.6) is 0 Å². The number of fused-ring (bicyclic) bond motifs is 1. The molecule has 0 aromatic heterocycles. The van der Waals surface area contributed by atoms with Crippen molar-refractivity contribution in [3.05, 3.63) is 35.4 Å². The van der Waals surface area contributed by atoms with Crippen LogP contribution in [0, 0.1) is 5.92 Å². The molecule has 0 saturated heterocycles. The average molecular weight is 332 g/mol. The molecule has 128 valence electrons. The lowest BCUT2D eigenvalue weighted by atomic mass is 9.97. The summed E-state index contributed by atoms with van der Waals surface area (Å²) in [5.74, 6) is -3.02. The zero-order valence-corrected chi connectivity index (χ0v) is 13.8. The molecule has 1 aromatic rings. The highest BCUT2D eigenvalue weighted by Gasteiger charge is 2.45. The highest BCUT2D eigenvalue weighted by atomic mass is 16.5. The molecule has 0 unspecified atom stereocenters. The molecule has 7 heteroatoms. The number of primary amides is 1. The number of ether oxygens (including phenoxy) is 1. The van der Waals surface area contributed by atoms with E-state index in [9.17, 15) is 19.2 Å². The number of carbonyl (C=O) groups is 4. The predicted octanol–water partition coefficient (Wildman–Crippen LogP) is 1.11. The van der Waals surface area contributed by atoms with Crippen LogP contribution < -0.4 is 5.73 Å². The van der Waals surface area contributed by atoms with E-state index in [4.69, 9.17) is 10.5 Å². The van der Waals surface area contributed by atoms with Crippen molar-refractivity contribution < 1.29 is 23.9 Å². The van der Waals surface area contributed by atoms with Gasteiger partial charge in [-0.1, -0.05) is 32.4 Å². The second-order valence-corrected chi connectivity index (χ2v) is 5.84. The first-order chi connectivity index (χ1) is 11.3. The molecule has 7 nitrogen and oxygen atoms in total. The molecule has 2 N–H and O–H groups in total. The molecule has 3 atom stereocenters. The Morgan fingerprint density at radius 2 is 1.62 bits per heavy atom. The predicted molar refractivity (Wildman–Crippen MR) is 84.9 cm³/mol. The Morgan fingerprint density at radius 3 is 2.04 bits per heavy atom. The van der Waals surface area contributed by atoms with Crippen molar-refractivity contribution in [2.45, 2.75) is 39.3 Å². The van der Waals surface area contributed by atoms with Crippen molar-refractivity contribution in [2.24, 2.45) is 11.7 Å². The number of nitrogens with zero attached hydrogens (tertiary/aromatic N) is 1. The number of rotatable bonds is 6. The maximum absolute atomic E-state index is 12.6. The molecule has 1 aliphatic heterocycles. The minimum absolute atomic E-state index is 0.256. The van der Waals surface area contributed by atoms with Crippen molar-refractivity contribution in [1.29, 1.82) is 0 Å². The van der Waals surface area contributed by atoms with Crippen LogP contribution in [0.2, 0.25) is 0 Å². The van der Waals surface area contributed by atoms with Gasteiger partial charge in [-0.25, -0.2) is 4.79 Å². The van der Waals surface area contributed by atoms with E-state index in [0.717, 1.165) is 4.90 Å². The van der Waals surface area contributed by atoms with E-state index in [1.807, 2.05) is 6.92 Å². The van der Waals surface area contributed by atoms with Crippen LogP contribution in [0.1, 0.15) is 47.9 Å². The zero-order chi connectivity index (χ0) is 18.0. The Morgan fingerprint density at radius 1 is 1.12 bits per heavy atom. The Labute approximate surface area is 139 Å². The lowest BCUT2D eigenvalue weighted by molar-refractivity contribution is -0.159. The van der Waals surface area contributed by atoms with Gasteiger partial charge in [0.05, 0.1) is 11.1 Å². The van der Waals surface area contributed by atoms with E-state index >= 15 is 0 Å². The summed E-state index contributed by atoms with van der Waals surface area (Å²) in [6, 6.07) is 5.28. The standard InChI is InChI=1S/C17H20N2O5/c1-4-9(2)13(17(23)24-10(3)14(18)20)19-15(21)11-7-5-6-8-12(11)16(19)22/h5-10,13H,4H2,1-3H3,(H2,18,20)/t9-,10-,13-/m0/s1. The maximum atomic E-state index is 12.6. The first kappa shape index (κ1) is 17.7. The van der Waals surface area contributed by atoms with Crippen molar-refractivity contribution in [2.75, 3.05) is 0 Å². The fourth-order valence-electron chi connectivity index (χ4n) is 2.58. The van der Waals surface area contributed by atoms with Gasteiger partial charge >= 0.3 is 5.97 Å². The Kier molecular flexibility index (Phi) is 5.02. The Balaban J connectivity index is 2.36. The van der Waals surface area contributed by atoms with E-state index in [1.54, 1.807) is 31.2 Å². The summed E-state index contributed by atoms with van der Waals surface area (Å²) >= 11 is 0. The molecule has 24 heavy (non-hydrogen) atoms. The molecule has 3 amide bonds. The van der Waals surface area contributed by atoms with Gasteiger partial charge < -0.3 is 10.5 Å². The third-order valence-corrected chi connectivity index (χ3v) is 4.22. The molecule has 1 aromatic carbocycles. The molecule has 0 bridgehead atoms. The van der Waals surface area contributed by atoms with Crippen LogP contribution in [0.15, 0.2) is 24.3 Å². The summed E-state index contributed by atoms with van der Waals surface area (Å²) < 4.78 is 5.05. The second kappa shape index (κ2) is 6.82. The van der Waals surface area contributed by atoms with E-state index in [0.29, 0.717) is 6.42 Å². The number of carbonyl (C=O) groups excluding carboxylic acids is 4. The molecular formula is C17H20N2O5. The molecule has 0 saturated carbocycles.